The molecule has 0 aliphatic rings. The Balaban J connectivity index is 2.21. The van der Waals surface area contributed by atoms with E-state index >= 15 is 0 Å². The van der Waals surface area contributed by atoms with Crippen molar-refractivity contribution < 1.29 is 9.18 Å². The van der Waals surface area contributed by atoms with E-state index in [-0.39, 0.29) is 17.8 Å². The molecule has 21 heavy (non-hydrogen) atoms. The summed E-state index contributed by atoms with van der Waals surface area (Å²) in [6.45, 7) is 1.99. The lowest BCUT2D eigenvalue weighted by Crippen LogP contribution is -2.42. The molecule has 1 aromatic carbocycles. The van der Waals surface area contributed by atoms with Gasteiger partial charge in [0.15, 0.2) is 0 Å². The number of carbonyl (C=O) groups is 1. The Morgan fingerprint density at radius 1 is 1.33 bits per heavy atom. The van der Waals surface area contributed by atoms with Gasteiger partial charge in [-0.1, -0.05) is 31.5 Å². The van der Waals surface area contributed by atoms with Gasteiger partial charge >= 0.3 is 0 Å². The summed E-state index contributed by atoms with van der Waals surface area (Å²) in [5.41, 5.74) is 6.71. The van der Waals surface area contributed by atoms with Crippen molar-refractivity contribution >= 4 is 17.2 Å². The zero-order valence-corrected chi connectivity index (χ0v) is 12.7. The van der Waals surface area contributed by atoms with Crippen LogP contribution < -0.4 is 11.1 Å². The maximum absolute atomic E-state index is 13.1. The van der Waals surface area contributed by atoms with Gasteiger partial charge in [-0.3, -0.25) is 4.79 Å². The minimum absolute atomic E-state index is 0.181. The van der Waals surface area contributed by atoms with Gasteiger partial charge in [-0.15, -0.1) is 11.3 Å². The predicted molar refractivity (Wildman–Crippen MR) is 83.6 cm³/mol. The highest BCUT2D eigenvalue weighted by molar-refractivity contribution is 7.10. The van der Waals surface area contributed by atoms with E-state index in [9.17, 15) is 9.18 Å². The lowest BCUT2D eigenvalue weighted by Gasteiger charge is -2.20. The summed E-state index contributed by atoms with van der Waals surface area (Å²) in [5.74, 6) is -0.475. The third kappa shape index (κ3) is 4.12. The third-order valence-corrected chi connectivity index (χ3v) is 4.19. The van der Waals surface area contributed by atoms with Gasteiger partial charge in [0.25, 0.3) is 0 Å². The van der Waals surface area contributed by atoms with Crippen molar-refractivity contribution in [1.29, 1.82) is 0 Å². The van der Waals surface area contributed by atoms with Crippen LogP contribution in [0.25, 0.3) is 0 Å². The Bertz CT molecular complexity index is 568. The second kappa shape index (κ2) is 7.33. The number of hydrogen-bond donors (Lipinski definition) is 2. The fraction of sp³-hybridized carbons (Fsp3) is 0.312. The molecule has 1 heterocycles. The molecule has 2 rings (SSSR count). The Morgan fingerprint density at radius 2 is 2.05 bits per heavy atom. The molecule has 0 saturated heterocycles. The highest BCUT2D eigenvalue weighted by atomic mass is 32.1. The standard InChI is InChI=1S/C16H19FN2OS/c1-2-4-13(18)16(20)19-15(14-5-3-10-21-14)11-6-8-12(17)9-7-11/h3,5-10,13,15H,2,4,18H2,1H3,(H,19,20)/t13-,15?/m0/s1. The molecule has 3 N–H and O–H groups in total. The molecule has 0 spiro atoms. The number of amides is 1. The molecule has 3 nitrogen and oxygen atoms in total. The number of halogens is 1. The number of carbonyl (C=O) groups excluding carboxylic acids is 1. The average molecular weight is 306 g/mol. The molecule has 0 aliphatic heterocycles. The smallest absolute Gasteiger partial charge is 0.237 e. The highest BCUT2D eigenvalue weighted by Gasteiger charge is 2.21. The van der Waals surface area contributed by atoms with Gasteiger partial charge in [-0.25, -0.2) is 4.39 Å². The number of nitrogens with two attached hydrogens (primary N) is 1. The summed E-state index contributed by atoms with van der Waals surface area (Å²) in [6, 6.07) is 9.23. The van der Waals surface area contributed by atoms with Crippen molar-refractivity contribution in [3.8, 4) is 0 Å². The van der Waals surface area contributed by atoms with E-state index in [2.05, 4.69) is 5.32 Å². The first-order valence-electron chi connectivity index (χ1n) is 6.96. The quantitative estimate of drug-likeness (QED) is 0.861. The van der Waals surface area contributed by atoms with Crippen molar-refractivity contribution in [2.75, 3.05) is 0 Å². The average Bonchev–Trinajstić information content (AvgIpc) is 3.00. The van der Waals surface area contributed by atoms with E-state index in [1.165, 1.54) is 12.1 Å². The molecule has 0 fully saturated rings. The molecule has 1 unspecified atom stereocenters. The lowest BCUT2D eigenvalue weighted by molar-refractivity contribution is -0.123. The number of hydrogen-bond acceptors (Lipinski definition) is 3. The van der Waals surface area contributed by atoms with Crippen molar-refractivity contribution in [2.45, 2.75) is 31.8 Å². The van der Waals surface area contributed by atoms with Gasteiger partial charge in [0, 0.05) is 4.88 Å². The summed E-state index contributed by atoms with van der Waals surface area (Å²) in [5, 5.41) is 4.91. The van der Waals surface area contributed by atoms with E-state index in [0.717, 1.165) is 16.9 Å². The van der Waals surface area contributed by atoms with Crippen LogP contribution in [-0.4, -0.2) is 11.9 Å². The van der Waals surface area contributed by atoms with Crippen molar-refractivity contribution in [2.24, 2.45) is 5.73 Å². The molecular weight excluding hydrogens is 287 g/mol. The summed E-state index contributed by atoms with van der Waals surface area (Å²) >= 11 is 1.55. The zero-order valence-electron chi connectivity index (χ0n) is 11.9. The molecule has 0 radical (unpaired) electrons. The van der Waals surface area contributed by atoms with E-state index in [1.54, 1.807) is 23.5 Å². The van der Waals surface area contributed by atoms with Gasteiger partial charge < -0.3 is 11.1 Å². The Kier molecular flexibility index (Phi) is 5.47. The monoisotopic (exact) mass is 306 g/mol. The summed E-state index contributed by atoms with van der Waals surface area (Å²) in [6.07, 6.45) is 1.50. The predicted octanol–water partition coefficient (Wildman–Crippen LogP) is 3.22. The van der Waals surface area contributed by atoms with Crippen LogP contribution in [-0.2, 0) is 4.79 Å². The molecule has 2 atom stereocenters. The maximum Gasteiger partial charge on any atom is 0.237 e. The zero-order chi connectivity index (χ0) is 15.2. The van der Waals surface area contributed by atoms with Crippen LogP contribution in [0.5, 0.6) is 0 Å². The molecule has 0 saturated carbocycles. The van der Waals surface area contributed by atoms with Gasteiger partial charge in [-0.2, -0.15) is 0 Å². The van der Waals surface area contributed by atoms with Crippen LogP contribution in [0.1, 0.15) is 36.2 Å². The van der Waals surface area contributed by atoms with Crippen LogP contribution in [0.2, 0.25) is 0 Å². The number of thiophene rings is 1. The number of nitrogens with one attached hydrogen (secondary N) is 1. The highest BCUT2D eigenvalue weighted by Crippen LogP contribution is 2.26. The third-order valence-electron chi connectivity index (χ3n) is 3.25. The second-order valence-electron chi connectivity index (χ2n) is 4.90. The van der Waals surface area contributed by atoms with Gasteiger partial charge in [0.1, 0.15) is 5.82 Å². The molecule has 0 aliphatic carbocycles. The van der Waals surface area contributed by atoms with Crippen LogP contribution in [0.4, 0.5) is 4.39 Å². The van der Waals surface area contributed by atoms with Crippen molar-refractivity contribution in [3.05, 3.63) is 58.0 Å². The molecule has 1 aromatic heterocycles. The number of benzene rings is 1. The normalized spacial score (nSPS) is 13.7. The Hall–Kier alpha value is -1.72. The molecule has 5 heteroatoms. The van der Waals surface area contributed by atoms with Crippen LogP contribution in [0, 0.1) is 5.82 Å². The van der Waals surface area contributed by atoms with Gasteiger partial charge in [0.05, 0.1) is 12.1 Å². The first kappa shape index (κ1) is 15.7. The minimum Gasteiger partial charge on any atom is -0.343 e. The largest absolute Gasteiger partial charge is 0.343 e. The van der Waals surface area contributed by atoms with Crippen molar-refractivity contribution in [1.82, 2.24) is 5.32 Å². The second-order valence-corrected chi connectivity index (χ2v) is 5.88. The first-order chi connectivity index (χ1) is 10.1. The van der Waals surface area contributed by atoms with E-state index < -0.39 is 6.04 Å². The topological polar surface area (TPSA) is 55.1 Å². The Labute approximate surface area is 128 Å². The Morgan fingerprint density at radius 3 is 2.62 bits per heavy atom. The summed E-state index contributed by atoms with van der Waals surface area (Å²) in [7, 11) is 0. The maximum atomic E-state index is 13.1. The first-order valence-corrected chi connectivity index (χ1v) is 7.84. The molecule has 112 valence electrons. The summed E-state index contributed by atoms with van der Waals surface area (Å²) in [4.78, 5) is 13.2. The fourth-order valence-corrected chi connectivity index (χ4v) is 2.92. The van der Waals surface area contributed by atoms with Crippen LogP contribution in [0.3, 0.4) is 0 Å². The molecule has 1 amide bonds. The van der Waals surface area contributed by atoms with E-state index in [4.69, 9.17) is 5.73 Å². The molecule has 0 bridgehead atoms. The van der Waals surface area contributed by atoms with Crippen LogP contribution in [0.15, 0.2) is 41.8 Å². The number of rotatable bonds is 6. The van der Waals surface area contributed by atoms with Gasteiger partial charge in [0.2, 0.25) is 5.91 Å². The SMILES string of the molecule is CCC[C@H](N)C(=O)NC(c1ccc(F)cc1)c1cccs1. The van der Waals surface area contributed by atoms with E-state index in [0.29, 0.717) is 6.42 Å². The molecular formula is C16H19FN2OS. The van der Waals surface area contributed by atoms with E-state index in [1.807, 2.05) is 24.4 Å². The van der Waals surface area contributed by atoms with Crippen LogP contribution >= 0.6 is 11.3 Å². The van der Waals surface area contributed by atoms with Crippen molar-refractivity contribution in [3.63, 3.8) is 0 Å². The summed E-state index contributed by atoms with van der Waals surface area (Å²) < 4.78 is 13.1. The van der Waals surface area contributed by atoms with Gasteiger partial charge in [-0.05, 0) is 35.6 Å². The minimum atomic E-state index is -0.516. The lowest BCUT2D eigenvalue weighted by atomic mass is 10.0. The fourth-order valence-electron chi connectivity index (χ4n) is 2.12. The molecule has 2 aromatic rings.